The van der Waals surface area contributed by atoms with Gasteiger partial charge in [0.25, 0.3) is 0 Å². The molecule has 37 heavy (non-hydrogen) atoms. The number of H-pyrrole nitrogens is 1. The maximum atomic E-state index is 6.81. The number of pyridine rings is 1. The number of halogens is 1. The van der Waals surface area contributed by atoms with Crippen molar-refractivity contribution < 1.29 is 4.74 Å². The van der Waals surface area contributed by atoms with Gasteiger partial charge in [-0.1, -0.05) is 53.4 Å². The number of nitrogens with one attached hydrogen (secondary N) is 2. The van der Waals surface area contributed by atoms with E-state index in [9.17, 15) is 0 Å². The first-order chi connectivity index (χ1) is 18.0. The van der Waals surface area contributed by atoms with Crippen LogP contribution in [0.15, 0.2) is 60.9 Å². The third-order valence-corrected chi connectivity index (χ3v) is 7.63. The second kappa shape index (κ2) is 10.2. The zero-order valence-electron chi connectivity index (χ0n) is 21.3. The largest absolute Gasteiger partial charge is 0.492 e. The molecule has 5 nitrogen and oxygen atoms in total. The Bertz CT molecular complexity index is 1570. The molecule has 1 saturated heterocycles. The van der Waals surface area contributed by atoms with Crippen LogP contribution in [-0.2, 0) is 0 Å². The average molecular weight is 511 g/mol. The molecule has 0 amide bonds. The third-order valence-electron chi connectivity index (χ3n) is 7.32. The highest BCUT2D eigenvalue weighted by Crippen LogP contribution is 2.41. The van der Waals surface area contributed by atoms with E-state index in [1.165, 1.54) is 30.4 Å². The van der Waals surface area contributed by atoms with Crippen LogP contribution in [0.25, 0.3) is 44.1 Å². The lowest BCUT2D eigenvalue weighted by Gasteiger charge is -2.24. The van der Waals surface area contributed by atoms with Crippen molar-refractivity contribution in [3.63, 3.8) is 0 Å². The minimum absolute atomic E-state index is 0.512. The van der Waals surface area contributed by atoms with Gasteiger partial charge in [-0.25, -0.2) is 0 Å². The minimum Gasteiger partial charge on any atom is -0.492 e. The summed E-state index contributed by atoms with van der Waals surface area (Å²) in [4.78, 5) is 4.82. The van der Waals surface area contributed by atoms with Gasteiger partial charge in [0, 0.05) is 34.1 Å². The quantitative estimate of drug-likeness (QED) is 0.246. The fourth-order valence-electron chi connectivity index (χ4n) is 5.49. The number of aromatic nitrogens is 3. The minimum atomic E-state index is 0.512. The van der Waals surface area contributed by atoms with Gasteiger partial charge >= 0.3 is 0 Å². The van der Waals surface area contributed by atoms with Gasteiger partial charge in [-0.3, -0.25) is 10.1 Å². The molecule has 1 fully saturated rings. The van der Waals surface area contributed by atoms with Crippen molar-refractivity contribution in [2.75, 3.05) is 13.2 Å². The fraction of sp³-hybridized carbons (Fsp3) is 0.290. The van der Waals surface area contributed by atoms with Gasteiger partial charge in [0.05, 0.1) is 28.9 Å². The molecule has 1 aliphatic rings. The predicted molar refractivity (Wildman–Crippen MR) is 153 cm³/mol. The van der Waals surface area contributed by atoms with Crippen LogP contribution in [0.2, 0.25) is 5.02 Å². The zero-order chi connectivity index (χ0) is 25.4. The van der Waals surface area contributed by atoms with Crippen LogP contribution >= 0.6 is 11.6 Å². The van der Waals surface area contributed by atoms with Crippen LogP contribution < -0.4 is 10.1 Å². The number of ether oxygens (including phenoxy) is 1. The molecule has 0 aliphatic carbocycles. The molecule has 1 aliphatic heterocycles. The molecule has 2 N–H and O–H groups in total. The maximum absolute atomic E-state index is 6.81. The van der Waals surface area contributed by atoms with E-state index in [0.29, 0.717) is 17.7 Å². The molecule has 3 heterocycles. The fourth-order valence-corrected chi connectivity index (χ4v) is 5.75. The van der Waals surface area contributed by atoms with Crippen LogP contribution in [0.1, 0.15) is 36.8 Å². The van der Waals surface area contributed by atoms with E-state index in [2.05, 4.69) is 65.8 Å². The average Bonchev–Trinajstić information content (AvgIpc) is 3.36. The van der Waals surface area contributed by atoms with E-state index < -0.39 is 0 Å². The summed E-state index contributed by atoms with van der Waals surface area (Å²) in [7, 11) is 0. The Morgan fingerprint density at radius 2 is 1.81 bits per heavy atom. The van der Waals surface area contributed by atoms with Gasteiger partial charge in [0.15, 0.2) is 0 Å². The lowest BCUT2D eigenvalue weighted by Crippen LogP contribution is -2.35. The zero-order valence-corrected chi connectivity index (χ0v) is 22.0. The Balaban J connectivity index is 1.46. The Hall–Kier alpha value is -3.41. The molecule has 188 valence electrons. The van der Waals surface area contributed by atoms with Crippen LogP contribution in [0.5, 0.6) is 5.75 Å². The topological polar surface area (TPSA) is 62.8 Å². The molecule has 0 radical (unpaired) electrons. The first-order valence-electron chi connectivity index (χ1n) is 13.1. The normalized spacial score (nSPS) is 15.9. The van der Waals surface area contributed by atoms with Crippen molar-refractivity contribution in [3.05, 3.63) is 77.1 Å². The summed E-state index contributed by atoms with van der Waals surface area (Å²) >= 11 is 6.81. The molecule has 0 spiro atoms. The lowest BCUT2D eigenvalue weighted by molar-refractivity contribution is 0.271. The number of benzene rings is 3. The molecule has 0 saturated carbocycles. The van der Waals surface area contributed by atoms with Crippen LogP contribution in [0.3, 0.4) is 0 Å². The SMILES string of the molecule is Cc1cc(C)cc(-c2cnc3cc(Cl)c(-c4ccc5[nH]ncc5c4)cc3c2OCCC2CCCCN2)c1. The van der Waals surface area contributed by atoms with Crippen molar-refractivity contribution >= 4 is 33.4 Å². The molecule has 1 atom stereocenters. The summed E-state index contributed by atoms with van der Waals surface area (Å²) in [5.41, 5.74) is 8.39. The summed E-state index contributed by atoms with van der Waals surface area (Å²) in [6, 6.07) is 17.4. The van der Waals surface area contributed by atoms with E-state index in [4.69, 9.17) is 21.3 Å². The number of hydrogen-bond donors (Lipinski definition) is 2. The number of fused-ring (bicyclic) bond motifs is 2. The number of nitrogens with zero attached hydrogens (tertiary/aromatic N) is 2. The number of rotatable bonds is 6. The standard InChI is InChI=1S/C31H31ClN4O/c1-19-11-20(2)13-22(12-19)27-18-34-30-16-28(32)25(21-6-7-29-23(14-21)17-35-36-29)15-26(30)31(27)37-10-8-24-5-3-4-9-33-24/h6-7,11-18,24,33H,3-5,8-10H2,1-2H3,(H,35,36). The molecule has 6 rings (SSSR count). The highest BCUT2D eigenvalue weighted by atomic mass is 35.5. The molecular weight excluding hydrogens is 480 g/mol. The van der Waals surface area contributed by atoms with Crippen molar-refractivity contribution in [3.8, 4) is 28.0 Å². The molecule has 2 aromatic heterocycles. The maximum Gasteiger partial charge on any atom is 0.138 e. The smallest absolute Gasteiger partial charge is 0.138 e. The molecule has 3 aromatic carbocycles. The van der Waals surface area contributed by atoms with E-state index in [1.807, 2.05) is 24.5 Å². The first-order valence-corrected chi connectivity index (χ1v) is 13.4. The van der Waals surface area contributed by atoms with Gasteiger partial charge < -0.3 is 10.1 Å². The summed E-state index contributed by atoms with van der Waals surface area (Å²) in [6.45, 7) is 6.00. The number of piperidine rings is 1. The lowest BCUT2D eigenvalue weighted by atomic mass is 9.97. The van der Waals surface area contributed by atoms with E-state index >= 15 is 0 Å². The molecule has 1 unspecified atom stereocenters. The summed E-state index contributed by atoms with van der Waals surface area (Å²) in [6.07, 6.45) is 8.50. The molecular formula is C31H31ClN4O. The highest BCUT2D eigenvalue weighted by Gasteiger charge is 2.18. The van der Waals surface area contributed by atoms with Gasteiger partial charge in [0.2, 0.25) is 0 Å². The Morgan fingerprint density at radius 3 is 2.62 bits per heavy atom. The van der Waals surface area contributed by atoms with Crippen LogP contribution in [0, 0.1) is 13.8 Å². The van der Waals surface area contributed by atoms with Crippen molar-refractivity contribution in [2.24, 2.45) is 0 Å². The molecule has 6 heteroatoms. The summed E-state index contributed by atoms with van der Waals surface area (Å²) < 4.78 is 6.64. The predicted octanol–water partition coefficient (Wildman–Crippen LogP) is 7.63. The second-order valence-electron chi connectivity index (χ2n) is 10.2. The number of aromatic amines is 1. The van der Waals surface area contributed by atoms with Crippen molar-refractivity contribution in [1.82, 2.24) is 20.5 Å². The van der Waals surface area contributed by atoms with Crippen LogP contribution in [0.4, 0.5) is 0 Å². The van der Waals surface area contributed by atoms with Crippen molar-refractivity contribution in [2.45, 2.75) is 45.6 Å². The summed E-state index contributed by atoms with van der Waals surface area (Å²) in [5.74, 6) is 0.869. The monoisotopic (exact) mass is 510 g/mol. The summed E-state index contributed by atoms with van der Waals surface area (Å²) in [5, 5.41) is 13.5. The van der Waals surface area contributed by atoms with Gasteiger partial charge in [-0.05, 0) is 75.0 Å². The van der Waals surface area contributed by atoms with Gasteiger partial charge in [-0.15, -0.1) is 0 Å². The molecule has 5 aromatic rings. The van der Waals surface area contributed by atoms with E-state index in [-0.39, 0.29) is 0 Å². The van der Waals surface area contributed by atoms with Gasteiger partial charge in [-0.2, -0.15) is 5.10 Å². The Kier molecular flexibility index (Phi) is 6.58. The number of hydrogen-bond acceptors (Lipinski definition) is 4. The van der Waals surface area contributed by atoms with Crippen LogP contribution in [-0.4, -0.2) is 34.4 Å². The van der Waals surface area contributed by atoms with Crippen molar-refractivity contribution in [1.29, 1.82) is 0 Å². The first kappa shape index (κ1) is 24.0. The third kappa shape index (κ3) is 4.94. The Labute approximate surface area is 222 Å². The number of aryl methyl sites for hydroxylation is 2. The highest BCUT2D eigenvalue weighted by molar-refractivity contribution is 6.34. The molecule has 0 bridgehead atoms. The van der Waals surface area contributed by atoms with E-state index in [1.54, 1.807) is 0 Å². The Morgan fingerprint density at radius 1 is 0.946 bits per heavy atom. The van der Waals surface area contributed by atoms with E-state index in [0.717, 1.165) is 62.8 Å². The van der Waals surface area contributed by atoms with Gasteiger partial charge in [0.1, 0.15) is 5.75 Å². The second-order valence-corrected chi connectivity index (χ2v) is 10.6.